The Morgan fingerprint density at radius 3 is 2.58 bits per heavy atom. The molecule has 0 saturated carbocycles. The predicted molar refractivity (Wildman–Crippen MR) is 82.7 cm³/mol. The molecule has 19 heavy (non-hydrogen) atoms. The van der Waals surface area contributed by atoms with Crippen molar-refractivity contribution in [2.75, 3.05) is 7.11 Å². The van der Waals surface area contributed by atoms with Crippen LogP contribution in [0.2, 0.25) is 0 Å². The maximum Gasteiger partial charge on any atom is 0.182 e. The van der Waals surface area contributed by atoms with Gasteiger partial charge in [0.25, 0.3) is 0 Å². The highest BCUT2D eigenvalue weighted by Crippen LogP contribution is 2.24. The Balaban J connectivity index is 2.26. The molecule has 0 atom stereocenters. The zero-order valence-electron chi connectivity index (χ0n) is 10.2. The smallest absolute Gasteiger partial charge is 0.182 e. The van der Waals surface area contributed by atoms with Crippen LogP contribution in [0.15, 0.2) is 46.9 Å². The number of methoxy groups -OCH3 is 1. The lowest BCUT2D eigenvalue weighted by molar-refractivity contribution is 0.415. The first-order valence-electron chi connectivity index (χ1n) is 5.74. The third-order valence-corrected chi connectivity index (χ3v) is 3.79. The molecule has 1 aromatic heterocycles. The number of nitrogens with zero attached hydrogens (tertiary/aromatic N) is 1. The summed E-state index contributed by atoms with van der Waals surface area (Å²) in [5.74, 6) is 0.812. The number of ether oxygens (including phenoxy) is 1. The number of H-pyrrole nitrogens is 1. The van der Waals surface area contributed by atoms with E-state index in [0.717, 1.165) is 26.9 Å². The fraction of sp³-hybridized carbons (Fsp3) is 0.0714. The lowest BCUT2D eigenvalue weighted by Gasteiger charge is -2.05. The van der Waals surface area contributed by atoms with Crippen LogP contribution < -0.4 is 4.74 Å². The first-order chi connectivity index (χ1) is 9.19. The third-order valence-electron chi connectivity index (χ3n) is 2.97. The van der Waals surface area contributed by atoms with Crippen molar-refractivity contribution in [2.45, 2.75) is 0 Å². The van der Waals surface area contributed by atoms with E-state index in [2.05, 4.69) is 20.9 Å². The lowest BCUT2D eigenvalue weighted by Crippen LogP contribution is -1.93. The van der Waals surface area contributed by atoms with E-state index < -0.39 is 0 Å². The number of aromatic amines is 1. The molecule has 5 heteroatoms. The number of benzene rings is 2. The summed E-state index contributed by atoms with van der Waals surface area (Å²) in [6.45, 7) is 0. The summed E-state index contributed by atoms with van der Waals surface area (Å²) in [7, 11) is 1.65. The van der Waals surface area contributed by atoms with E-state index in [1.807, 2.05) is 47.0 Å². The molecule has 0 aliphatic carbocycles. The standard InChI is InChI=1S/C14H11BrN2OS/c1-18-11-6-7-13-12(8-11)16-14(19)17(13)10-4-2-9(15)3-5-10/h2-8H,1H3,(H,16,19). The molecule has 3 rings (SSSR count). The van der Waals surface area contributed by atoms with Crippen molar-refractivity contribution in [2.24, 2.45) is 0 Å². The average molecular weight is 335 g/mol. The minimum Gasteiger partial charge on any atom is -0.497 e. The van der Waals surface area contributed by atoms with Gasteiger partial charge < -0.3 is 9.72 Å². The fourth-order valence-corrected chi connectivity index (χ4v) is 2.64. The molecule has 0 fully saturated rings. The summed E-state index contributed by atoms with van der Waals surface area (Å²) in [5, 5.41) is 0. The lowest BCUT2D eigenvalue weighted by atomic mass is 10.2. The van der Waals surface area contributed by atoms with Gasteiger partial charge in [-0.3, -0.25) is 4.57 Å². The van der Waals surface area contributed by atoms with Gasteiger partial charge in [0.15, 0.2) is 4.77 Å². The van der Waals surface area contributed by atoms with Gasteiger partial charge >= 0.3 is 0 Å². The second kappa shape index (κ2) is 4.83. The molecule has 1 heterocycles. The van der Waals surface area contributed by atoms with Crippen molar-refractivity contribution >= 4 is 39.2 Å². The van der Waals surface area contributed by atoms with E-state index in [-0.39, 0.29) is 0 Å². The Hall–Kier alpha value is -1.59. The van der Waals surface area contributed by atoms with Crippen LogP contribution in [0.1, 0.15) is 0 Å². The van der Waals surface area contributed by atoms with Gasteiger partial charge in [-0.1, -0.05) is 15.9 Å². The second-order valence-electron chi connectivity index (χ2n) is 4.13. The summed E-state index contributed by atoms with van der Waals surface area (Å²) in [5.41, 5.74) is 3.03. The Labute approximate surface area is 124 Å². The van der Waals surface area contributed by atoms with Crippen molar-refractivity contribution in [1.29, 1.82) is 0 Å². The second-order valence-corrected chi connectivity index (χ2v) is 5.43. The monoisotopic (exact) mass is 334 g/mol. The highest BCUT2D eigenvalue weighted by Gasteiger charge is 2.07. The Morgan fingerprint density at radius 2 is 1.89 bits per heavy atom. The normalized spacial score (nSPS) is 10.8. The highest BCUT2D eigenvalue weighted by atomic mass is 79.9. The molecule has 0 unspecified atom stereocenters. The summed E-state index contributed by atoms with van der Waals surface area (Å²) >= 11 is 8.84. The Bertz CT molecular complexity index is 789. The number of aromatic nitrogens is 2. The Kier molecular flexibility index (Phi) is 3.16. The zero-order valence-corrected chi connectivity index (χ0v) is 12.6. The quantitative estimate of drug-likeness (QED) is 0.701. The van der Waals surface area contributed by atoms with Gasteiger partial charge in [-0.05, 0) is 48.6 Å². The van der Waals surface area contributed by atoms with E-state index in [1.54, 1.807) is 7.11 Å². The molecule has 1 N–H and O–H groups in total. The van der Waals surface area contributed by atoms with E-state index in [4.69, 9.17) is 17.0 Å². The maximum atomic E-state index is 5.40. The number of halogens is 1. The van der Waals surface area contributed by atoms with Crippen molar-refractivity contribution in [1.82, 2.24) is 9.55 Å². The van der Waals surface area contributed by atoms with Gasteiger partial charge in [0, 0.05) is 16.2 Å². The molecule has 0 radical (unpaired) electrons. The molecule has 0 bridgehead atoms. The van der Waals surface area contributed by atoms with Crippen LogP contribution in [-0.2, 0) is 0 Å². The van der Waals surface area contributed by atoms with Crippen molar-refractivity contribution < 1.29 is 4.74 Å². The molecule has 0 saturated heterocycles. The van der Waals surface area contributed by atoms with Crippen molar-refractivity contribution in [3.63, 3.8) is 0 Å². The van der Waals surface area contributed by atoms with E-state index >= 15 is 0 Å². The molecule has 96 valence electrons. The largest absolute Gasteiger partial charge is 0.497 e. The Morgan fingerprint density at radius 1 is 1.16 bits per heavy atom. The number of imidazole rings is 1. The van der Waals surface area contributed by atoms with Crippen molar-refractivity contribution in [3.05, 3.63) is 51.7 Å². The molecule has 0 aliphatic rings. The van der Waals surface area contributed by atoms with Crippen molar-refractivity contribution in [3.8, 4) is 11.4 Å². The third kappa shape index (κ3) is 2.19. The molecule has 0 spiro atoms. The van der Waals surface area contributed by atoms with Gasteiger partial charge in [0.1, 0.15) is 5.75 Å². The maximum absolute atomic E-state index is 5.40. The van der Waals surface area contributed by atoms with Crippen LogP contribution in [0.25, 0.3) is 16.7 Å². The van der Waals surface area contributed by atoms with Crippen LogP contribution in [-0.4, -0.2) is 16.7 Å². The van der Waals surface area contributed by atoms with Crippen LogP contribution in [0.3, 0.4) is 0 Å². The van der Waals surface area contributed by atoms with E-state index in [1.165, 1.54) is 0 Å². The van der Waals surface area contributed by atoms with E-state index in [9.17, 15) is 0 Å². The van der Waals surface area contributed by atoms with Gasteiger partial charge in [-0.15, -0.1) is 0 Å². The number of hydrogen-bond acceptors (Lipinski definition) is 2. The first kappa shape index (κ1) is 12.4. The molecule has 3 aromatic rings. The average Bonchev–Trinajstić information content (AvgIpc) is 2.74. The summed E-state index contributed by atoms with van der Waals surface area (Å²) in [6, 6.07) is 13.9. The number of fused-ring (bicyclic) bond motifs is 1. The molecular weight excluding hydrogens is 324 g/mol. The minimum absolute atomic E-state index is 0.672. The zero-order chi connectivity index (χ0) is 13.4. The number of nitrogens with one attached hydrogen (secondary N) is 1. The molecule has 0 amide bonds. The number of rotatable bonds is 2. The molecule has 0 aliphatic heterocycles. The van der Waals surface area contributed by atoms with Crippen LogP contribution >= 0.6 is 28.1 Å². The minimum atomic E-state index is 0.672. The van der Waals surface area contributed by atoms with E-state index in [0.29, 0.717) is 4.77 Å². The molecule has 2 aromatic carbocycles. The topological polar surface area (TPSA) is 29.9 Å². The van der Waals surface area contributed by atoms with Crippen LogP contribution in [0.5, 0.6) is 5.75 Å². The van der Waals surface area contributed by atoms with Crippen LogP contribution in [0, 0.1) is 4.77 Å². The SMILES string of the molecule is COc1ccc2c(c1)[nH]c(=S)n2-c1ccc(Br)cc1. The van der Waals surface area contributed by atoms with Gasteiger partial charge in [0.2, 0.25) is 0 Å². The van der Waals surface area contributed by atoms with Gasteiger partial charge in [-0.25, -0.2) is 0 Å². The van der Waals surface area contributed by atoms with Gasteiger partial charge in [0.05, 0.1) is 18.1 Å². The van der Waals surface area contributed by atoms with Gasteiger partial charge in [-0.2, -0.15) is 0 Å². The molecular formula is C14H11BrN2OS. The highest BCUT2D eigenvalue weighted by molar-refractivity contribution is 9.10. The van der Waals surface area contributed by atoms with Crippen LogP contribution in [0.4, 0.5) is 0 Å². The summed E-state index contributed by atoms with van der Waals surface area (Å²) in [6.07, 6.45) is 0. The molecule has 3 nitrogen and oxygen atoms in total. The number of hydrogen-bond donors (Lipinski definition) is 1. The fourth-order valence-electron chi connectivity index (χ4n) is 2.06. The summed E-state index contributed by atoms with van der Waals surface area (Å²) in [4.78, 5) is 3.20. The summed E-state index contributed by atoms with van der Waals surface area (Å²) < 4.78 is 8.95. The predicted octanol–water partition coefficient (Wildman–Crippen LogP) is 4.46. The first-order valence-corrected chi connectivity index (χ1v) is 6.94.